The first-order chi connectivity index (χ1) is 11.1. The Morgan fingerprint density at radius 2 is 2.09 bits per heavy atom. The lowest BCUT2D eigenvalue weighted by Gasteiger charge is -2.27. The summed E-state index contributed by atoms with van der Waals surface area (Å²) in [6, 6.07) is 5.16. The number of fused-ring (bicyclic) bond motifs is 1. The summed E-state index contributed by atoms with van der Waals surface area (Å²) < 4.78 is 6.65. The SMILES string of the molecule is CCOC(=O)c1cc(C(=O)C2CCN(C)CC2)n2ncccc12. The Labute approximate surface area is 135 Å². The van der Waals surface area contributed by atoms with Crippen molar-refractivity contribution < 1.29 is 14.3 Å². The Hall–Kier alpha value is -2.21. The van der Waals surface area contributed by atoms with Gasteiger partial charge in [0, 0.05) is 12.1 Å². The van der Waals surface area contributed by atoms with E-state index in [2.05, 4.69) is 17.0 Å². The molecule has 0 aromatic carbocycles. The van der Waals surface area contributed by atoms with E-state index < -0.39 is 5.97 Å². The molecular weight excluding hydrogens is 294 g/mol. The van der Waals surface area contributed by atoms with Crippen LogP contribution in [0.1, 0.15) is 40.6 Å². The van der Waals surface area contributed by atoms with Gasteiger partial charge in [-0.1, -0.05) is 0 Å². The number of ether oxygens (including phenoxy) is 1. The van der Waals surface area contributed by atoms with Crippen LogP contribution in [0.25, 0.3) is 5.52 Å². The van der Waals surface area contributed by atoms with Crippen LogP contribution >= 0.6 is 0 Å². The highest BCUT2D eigenvalue weighted by molar-refractivity contribution is 6.04. The second kappa shape index (κ2) is 6.50. The van der Waals surface area contributed by atoms with Gasteiger partial charge in [0.2, 0.25) is 0 Å². The quantitative estimate of drug-likeness (QED) is 0.638. The molecule has 1 fully saturated rings. The summed E-state index contributed by atoms with van der Waals surface area (Å²) in [4.78, 5) is 27.2. The van der Waals surface area contributed by atoms with E-state index in [-0.39, 0.29) is 11.7 Å². The van der Waals surface area contributed by atoms with Crippen LogP contribution in [0.3, 0.4) is 0 Å². The van der Waals surface area contributed by atoms with Crippen molar-refractivity contribution in [2.24, 2.45) is 5.92 Å². The van der Waals surface area contributed by atoms with E-state index in [1.165, 1.54) is 0 Å². The number of hydrogen-bond acceptors (Lipinski definition) is 5. The molecule has 0 spiro atoms. The minimum absolute atomic E-state index is 0.0126. The number of hydrogen-bond donors (Lipinski definition) is 0. The van der Waals surface area contributed by atoms with Crippen LogP contribution in [0, 0.1) is 5.92 Å². The van der Waals surface area contributed by atoms with Crippen molar-refractivity contribution in [1.82, 2.24) is 14.5 Å². The number of rotatable bonds is 4. The van der Waals surface area contributed by atoms with E-state index in [9.17, 15) is 9.59 Å². The van der Waals surface area contributed by atoms with Gasteiger partial charge in [0.05, 0.1) is 17.7 Å². The summed E-state index contributed by atoms with van der Waals surface area (Å²) >= 11 is 0. The van der Waals surface area contributed by atoms with E-state index in [4.69, 9.17) is 4.74 Å². The van der Waals surface area contributed by atoms with Gasteiger partial charge in [0.25, 0.3) is 0 Å². The zero-order valence-electron chi connectivity index (χ0n) is 13.5. The van der Waals surface area contributed by atoms with Crippen molar-refractivity contribution in [1.29, 1.82) is 0 Å². The van der Waals surface area contributed by atoms with Crippen molar-refractivity contribution in [2.75, 3.05) is 26.7 Å². The van der Waals surface area contributed by atoms with Crippen molar-refractivity contribution in [3.05, 3.63) is 35.7 Å². The largest absolute Gasteiger partial charge is 0.462 e. The minimum atomic E-state index is -0.416. The molecular formula is C17H21N3O3. The molecule has 0 bridgehead atoms. The summed E-state index contributed by atoms with van der Waals surface area (Å²) in [7, 11) is 2.06. The standard InChI is InChI=1S/C17H21N3O3/c1-3-23-17(22)13-11-15(20-14(13)5-4-8-18-20)16(21)12-6-9-19(2)10-7-12/h4-5,8,11-12H,3,6-7,9-10H2,1-2H3. The summed E-state index contributed by atoms with van der Waals surface area (Å²) in [5.41, 5.74) is 1.48. The third-order valence-electron chi connectivity index (χ3n) is 4.37. The van der Waals surface area contributed by atoms with E-state index in [0.717, 1.165) is 25.9 Å². The van der Waals surface area contributed by atoms with Gasteiger partial charge < -0.3 is 9.64 Å². The van der Waals surface area contributed by atoms with Crippen molar-refractivity contribution in [3.8, 4) is 0 Å². The number of nitrogens with zero attached hydrogens (tertiary/aromatic N) is 3. The predicted molar refractivity (Wildman–Crippen MR) is 85.7 cm³/mol. The Bertz CT molecular complexity index is 730. The van der Waals surface area contributed by atoms with Crippen molar-refractivity contribution in [3.63, 3.8) is 0 Å². The maximum atomic E-state index is 12.9. The molecule has 6 nitrogen and oxygen atoms in total. The van der Waals surface area contributed by atoms with Gasteiger partial charge in [-0.15, -0.1) is 0 Å². The fourth-order valence-electron chi connectivity index (χ4n) is 3.07. The van der Waals surface area contributed by atoms with Gasteiger partial charge in [-0.2, -0.15) is 5.10 Å². The number of piperidine rings is 1. The van der Waals surface area contributed by atoms with Gasteiger partial charge in [0.15, 0.2) is 5.78 Å². The molecule has 1 aliphatic heterocycles. The number of carbonyl (C=O) groups excluding carboxylic acids is 2. The van der Waals surface area contributed by atoms with E-state index in [0.29, 0.717) is 23.4 Å². The zero-order chi connectivity index (χ0) is 16.4. The highest BCUT2D eigenvalue weighted by Crippen LogP contribution is 2.24. The Balaban J connectivity index is 1.97. The molecule has 0 saturated carbocycles. The Kier molecular flexibility index (Phi) is 4.43. The van der Waals surface area contributed by atoms with Crippen LogP contribution in [0.2, 0.25) is 0 Å². The third kappa shape index (κ3) is 2.99. The fourth-order valence-corrected chi connectivity index (χ4v) is 3.07. The molecule has 3 rings (SSSR count). The topological polar surface area (TPSA) is 63.9 Å². The molecule has 0 N–H and O–H groups in total. The van der Waals surface area contributed by atoms with E-state index in [1.807, 2.05) is 0 Å². The molecule has 3 heterocycles. The maximum absolute atomic E-state index is 12.9. The summed E-state index contributed by atoms with van der Waals surface area (Å²) in [6.45, 7) is 3.89. The highest BCUT2D eigenvalue weighted by atomic mass is 16.5. The first-order valence-corrected chi connectivity index (χ1v) is 7.98. The molecule has 122 valence electrons. The minimum Gasteiger partial charge on any atom is -0.462 e. The predicted octanol–water partition coefficient (Wildman–Crippen LogP) is 2.04. The second-order valence-corrected chi connectivity index (χ2v) is 5.93. The monoisotopic (exact) mass is 315 g/mol. The molecule has 6 heteroatoms. The molecule has 2 aromatic heterocycles. The second-order valence-electron chi connectivity index (χ2n) is 5.93. The molecule has 0 amide bonds. The Morgan fingerprint density at radius 3 is 2.78 bits per heavy atom. The maximum Gasteiger partial charge on any atom is 0.340 e. The van der Waals surface area contributed by atoms with E-state index in [1.54, 1.807) is 35.8 Å². The number of ketones is 1. The molecule has 0 unspecified atom stereocenters. The average Bonchev–Trinajstić information content (AvgIpc) is 2.95. The first-order valence-electron chi connectivity index (χ1n) is 7.98. The van der Waals surface area contributed by atoms with E-state index >= 15 is 0 Å². The van der Waals surface area contributed by atoms with Gasteiger partial charge in [-0.05, 0) is 58.1 Å². The van der Waals surface area contributed by atoms with Gasteiger partial charge in [0.1, 0.15) is 5.69 Å². The smallest absolute Gasteiger partial charge is 0.340 e. The normalized spacial score (nSPS) is 16.6. The lowest BCUT2D eigenvalue weighted by molar-refractivity contribution is 0.0528. The van der Waals surface area contributed by atoms with Crippen LogP contribution in [0.4, 0.5) is 0 Å². The van der Waals surface area contributed by atoms with Crippen LogP contribution in [-0.4, -0.2) is 53.0 Å². The number of carbonyl (C=O) groups is 2. The molecule has 2 aromatic rings. The van der Waals surface area contributed by atoms with Crippen molar-refractivity contribution >= 4 is 17.3 Å². The average molecular weight is 315 g/mol. The molecule has 0 radical (unpaired) electrons. The van der Waals surface area contributed by atoms with Gasteiger partial charge in [-0.3, -0.25) is 4.79 Å². The highest BCUT2D eigenvalue weighted by Gasteiger charge is 2.28. The molecule has 0 atom stereocenters. The number of esters is 1. The zero-order valence-corrected chi connectivity index (χ0v) is 13.5. The Morgan fingerprint density at radius 1 is 1.35 bits per heavy atom. The first kappa shape index (κ1) is 15.7. The van der Waals surface area contributed by atoms with Gasteiger partial charge >= 0.3 is 5.97 Å². The van der Waals surface area contributed by atoms with Crippen LogP contribution in [0.5, 0.6) is 0 Å². The van der Waals surface area contributed by atoms with Crippen molar-refractivity contribution in [2.45, 2.75) is 19.8 Å². The van der Waals surface area contributed by atoms with Gasteiger partial charge in [-0.25, -0.2) is 9.31 Å². The third-order valence-corrected chi connectivity index (χ3v) is 4.37. The molecule has 1 saturated heterocycles. The lowest BCUT2D eigenvalue weighted by Crippen LogP contribution is -2.34. The lowest BCUT2D eigenvalue weighted by atomic mass is 9.91. The molecule has 23 heavy (non-hydrogen) atoms. The number of Topliss-reactive ketones (excluding diaryl/α,β-unsaturated/α-hetero) is 1. The van der Waals surface area contributed by atoms with Crippen LogP contribution < -0.4 is 0 Å². The summed E-state index contributed by atoms with van der Waals surface area (Å²) in [6.07, 6.45) is 3.29. The van der Waals surface area contributed by atoms with Crippen LogP contribution in [0.15, 0.2) is 24.4 Å². The summed E-state index contributed by atoms with van der Waals surface area (Å²) in [5.74, 6) is -0.371. The fraction of sp³-hybridized carbons (Fsp3) is 0.471. The molecule has 1 aliphatic rings. The van der Waals surface area contributed by atoms with Crippen LogP contribution in [-0.2, 0) is 4.74 Å². The number of likely N-dealkylation sites (tertiary alicyclic amines) is 1. The number of aromatic nitrogens is 2. The molecule has 0 aliphatic carbocycles. The summed E-state index contributed by atoms with van der Waals surface area (Å²) in [5, 5.41) is 4.25.